The molecule has 3 rings (SSSR count). The van der Waals surface area contributed by atoms with E-state index in [9.17, 15) is 8.42 Å². The zero-order chi connectivity index (χ0) is 15.2. The van der Waals surface area contributed by atoms with Crippen LogP contribution < -0.4 is 14.4 Å². The predicted molar refractivity (Wildman–Crippen MR) is 93.9 cm³/mol. The van der Waals surface area contributed by atoms with E-state index in [0.717, 1.165) is 5.69 Å². The molecule has 0 saturated carbocycles. The van der Waals surface area contributed by atoms with E-state index in [4.69, 9.17) is 14.9 Å². The van der Waals surface area contributed by atoms with Gasteiger partial charge in [0.05, 0.1) is 31.8 Å². The number of ether oxygens (including phenoxy) is 2. The largest absolute Gasteiger partial charge is 0.493 e. The first-order chi connectivity index (χ1) is 9.95. The fourth-order valence-electron chi connectivity index (χ4n) is 2.78. The summed E-state index contributed by atoms with van der Waals surface area (Å²) in [4.78, 5) is 1.78. The summed E-state index contributed by atoms with van der Waals surface area (Å²) < 4.78 is 34.1. The molecule has 2 atom stereocenters. The number of halogens is 1. The minimum Gasteiger partial charge on any atom is -0.493 e. The summed E-state index contributed by atoms with van der Waals surface area (Å²) >= 11 is 1.32. The first kappa shape index (κ1) is 17.4. The summed E-state index contributed by atoms with van der Waals surface area (Å²) in [5, 5.41) is 8.44. The molecular weight excluding hydrogens is 392 g/mol. The lowest BCUT2D eigenvalue weighted by Gasteiger charge is -2.24. The van der Waals surface area contributed by atoms with E-state index in [1.165, 1.54) is 11.8 Å². The standard InChI is InChI=1S/C13H16N2O4S2.BrH/c1-18-10-4-3-8(5-11(10)19-2)15-9-6-21(16,17)7-12(9)20-13(15)14;/h3-5,9,12,14H,6-7H2,1-2H3;1H. The Morgan fingerprint density at radius 1 is 1.23 bits per heavy atom. The highest BCUT2D eigenvalue weighted by Crippen LogP contribution is 2.42. The molecule has 0 radical (unpaired) electrons. The van der Waals surface area contributed by atoms with Crippen molar-refractivity contribution in [3.05, 3.63) is 18.2 Å². The van der Waals surface area contributed by atoms with Crippen LogP contribution in [0.3, 0.4) is 0 Å². The Balaban J connectivity index is 0.00000176. The lowest BCUT2D eigenvalue weighted by atomic mass is 10.2. The molecule has 0 spiro atoms. The minimum atomic E-state index is -3.01. The van der Waals surface area contributed by atoms with Crippen LogP contribution in [0.5, 0.6) is 11.5 Å². The molecule has 2 saturated heterocycles. The van der Waals surface area contributed by atoms with E-state index in [2.05, 4.69) is 0 Å². The minimum absolute atomic E-state index is 0. The smallest absolute Gasteiger partial charge is 0.162 e. The van der Waals surface area contributed by atoms with Gasteiger partial charge in [-0.3, -0.25) is 5.41 Å². The molecule has 2 heterocycles. The molecule has 1 N–H and O–H groups in total. The normalized spacial score (nSPS) is 25.5. The first-order valence-electron chi connectivity index (χ1n) is 6.42. The maximum atomic E-state index is 11.8. The Hall–Kier alpha value is -0.930. The highest BCUT2D eigenvalue weighted by molar-refractivity contribution is 8.93. The molecule has 2 unspecified atom stereocenters. The zero-order valence-corrected chi connectivity index (χ0v) is 15.5. The van der Waals surface area contributed by atoms with Gasteiger partial charge in [-0.05, 0) is 12.1 Å². The summed E-state index contributed by atoms with van der Waals surface area (Å²) in [6.45, 7) is 0. The van der Waals surface area contributed by atoms with Gasteiger partial charge < -0.3 is 14.4 Å². The van der Waals surface area contributed by atoms with E-state index in [1.54, 1.807) is 31.3 Å². The van der Waals surface area contributed by atoms with Gasteiger partial charge in [-0.25, -0.2) is 8.42 Å². The van der Waals surface area contributed by atoms with Crippen LogP contribution >= 0.6 is 28.7 Å². The highest BCUT2D eigenvalue weighted by atomic mass is 79.9. The molecule has 0 amide bonds. The first-order valence-corrected chi connectivity index (χ1v) is 9.12. The monoisotopic (exact) mass is 408 g/mol. The Labute approximate surface area is 144 Å². The van der Waals surface area contributed by atoms with E-state index in [-0.39, 0.29) is 39.8 Å². The van der Waals surface area contributed by atoms with Crippen molar-refractivity contribution in [2.45, 2.75) is 11.3 Å². The summed E-state index contributed by atoms with van der Waals surface area (Å²) in [5.41, 5.74) is 0.759. The average molecular weight is 409 g/mol. The molecule has 0 bridgehead atoms. The third-order valence-corrected chi connectivity index (χ3v) is 6.86. The quantitative estimate of drug-likeness (QED) is 0.822. The summed E-state index contributed by atoms with van der Waals surface area (Å²) in [5.74, 6) is 1.42. The number of amidine groups is 1. The van der Waals surface area contributed by atoms with Crippen molar-refractivity contribution in [1.29, 1.82) is 5.41 Å². The number of sulfone groups is 1. The van der Waals surface area contributed by atoms with Gasteiger partial charge in [0, 0.05) is 17.0 Å². The topological polar surface area (TPSA) is 79.7 Å². The van der Waals surface area contributed by atoms with Crippen LogP contribution in [0.15, 0.2) is 18.2 Å². The second kappa shape index (κ2) is 6.29. The number of hydrogen-bond donors (Lipinski definition) is 1. The summed E-state index contributed by atoms with van der Waals surface area (Å²) in [7, 11) is 0.0970. The number of nitrogens with zero attached hydrogens (tertiary/aromatic N) is 1. The summed E-state index contributed by atoms with van der Waals surface area (Å²) in [6.07, 6.45) is 0. The summed E-state index contributed by atoms with van der Waals surface area (Å²) in [6, 6.07) is 5.19. The van der Waals surface area contributed by atoms with E-state index in [1.807, 2.05) is 6.07 Å². The van der Waals surface area contributed by atoms with Crippen LogP contribution in [0.1, 0.15) is 0 Å². The number of benzene rings is 1. The maximum Gasteiger partial charge on any atom is 0.162 e. The molecule has 1 aromatic carbocycles. The van der Waals surface area contributed by atoms with Gasteiger partial charge in [-0.2, -0.15) is 0 Å². The fraction of sp³-hybridized carbons (Fsp3) is 0.462. The van der Waals surface area contributed by atoms with Gasteiger partial charge >= 0.3 is 0 Å². The Kier molecular flexibility index (Phi) is 4.98. The number of rotatable bonds is 3. The molecule has 9 heteroatoms. The van der Waals surface area contributed by atoms with E-state index in [0.29, 0.717) is 16.7 Å². The Morgan fingerprint density at radius 3 is 2.55 bits per heavy atom. The van der Waals surface area contributed by atoms with Crippen molar-refractivity contribution in [2.24, 2.45) is 0 Å². The van der Waals surface area contributed by atoms with Crippen LogP contribution in [0, 0.1) is 5.41 Å². The van der Waals surface area contributed by atoms with Gasteiger partial charge in [0.1, 0.15) is 0 Å². The van der Waals surface area contributed by atoms with E-state index < -0.39 is 9.84 Å². The molecular formula is C13H17BrN2O4S2. The van der Waals surface area contributed by atoms with Gasteiger partial charge in [0.25, 0.3) is 0 Å². The number of methoxy groups -OCH3 is 2. The van der Waals surface area contributed by atoms with E-state index >= 15 is 0 Å². The third kappa shape index (κ3) is 2.93. The molecule has 0 aliphatic carbocycles. The molecule has 22 heavy (non-hydrogen) atoms. The van der Waals surface area contributed by atoms with Crippen LogP contribution in [0.4, 0.5) is 5.69 Å². The fourth-order valence-corrected chi connectivity index (χ4v) is 6.58. The van der Waals surface area contributed by atoms with Crippen molar-refractivity contribution < 1.29 is 17.9 Å². The van der Waals surface area contributed by atoms with Crippen molar-refractivity contribution >= 4 is 49.4 Å². The number of thioether (sulfide) groups is 1. The molecule has 122 valence electrons. The predicted octanol–water partition coefficient (Wildman–Crippen LogP) is 1.94. The SMILES string of the molecule is Br.COc1ccc(N2C(=N)SC3CS(=O)(=O)CC32)cc1OC. The number of fused-ring (bicyclic) bond motifs is 1. The van der Waals surface area contributed by atoms with Crippen molar-refractivity contribution in [3.8, 4) is 11.5 Å². The third-order valence-electron chi connectivity index (χ3n) is 3.73. The van der Waals surface area contributed by atoms with Crippen LogP contribution in [0.2, 0.25) is 0 Å². The van der Waals surface area contributed by atoms with Gasteiger partial charge in [-0.15, -0.1) is 17.0 Å². The average Bonchev–Trinajstić information content (AvgIpc) is 2.88. The van der Waals surface area contributed by atoms with Gasteiger partial charge in [0.15, 0.2) is 26.5 Å². The van der Waals surface area contributed by atoms with Crippen molar-refractivity contribution in [3.63, 3.8) is 0 Å². The lowest BCUT2D eigenvalue weighted by Crippen LogP contribution is -2.37. The zero-order valence-electron chi connectivity index (χ0n) is 12.1. The molecule has 2 fully saturated rings. The number of hydrogen-bond acceptors (Lipinski definition) is 6. The molecule has 1 aromatic rings. The van der Waals surface area contributed by atoms with Crippen LogP contribution in [-0.4, -0.2) is 50.6 Å². The second-order valence-electron chi connectivity index (χ2n) is 5.01. The van der Waals surface area contributed by atoms with Crippen molar-refractivity contribution in [2.75, 3.05) is 30.6 Å². The second-order valence-corrected chi connectivity index (χ2v) is 8.40. The molecule has 6 nitrogen and oxygen atoms in total. The van der Waals surface area contributed by atoms with Crippen LogP contribution in [-0.2, 0) is 9.84 Å². The van der Waals surface area contributed by atoms with Gasteiger partial charge in [0.2, 0.25) is 0 Å². The van der Waals surface area contributed by atoms with Crippen molar-refractivity contribution in [1.82, 2.24) is 0 Å². The Morgan fingerprint density at radius 2 is 1.91 bits per heavy atom. The highest BCUT2D eigenvalue weighted by Gasteiger charge is 2.48. The van der Waals surface area contributed by atoms with Crippen LogP contribution in [0.25, 0.3) is 0 Å². The molecule has 2 aliphatic rings. The Bertz CT molecular complexity index is 695. The lowest BCUT2D eigenvalue weighted by molar-refractivity contribution is 0.355. The maximum absolute atomic E-state index is 11.8. The number of anilines is 1. The molecule has 2 aliphatic heterocycles. The van der Waals surface area contributed by atoms with Gasteiger partial charge in [-0.1, -0.05) is 11.8 Å². The molecule has 0 aromatic heterocycles. The number of nitrogens with one attached hydrogen (secondary N) is 1.